The van der Waals surface area contributed by atoms with Gasteiger partial charge in [0.25, 0.3) is 0 Å². The minimum Gasteiger partial charge on any atom is -0.489 e. The number of ether oxygens (including phenoxy) is 1. The van der Waals surface area contributed by atoms with Gasteiger partial charge in [-0.3, -0.25) is 0 Å². The number of rotatable bonds is 3. The summed E-state index contributed by atoms with van der Waals surface area (Å²) in [6, 6.07) is 6.88. The van der Waals surface area contributed by atoms with Gasteiger partial charge < -0.3 is 9.64 Å². The molecule has 1 aromatic rings. The predicted molar refractivity (Wildman–Crippen MR) is 71.8 cm³/mol. The Hall–Kier alpha value is -1.77. The molecule has 0 saturated heterocycles. The molecule has 0 amide bonds. The SMILES string of the molecule is CC(C)OC1=CN(c2ccccc2F)C(C)C=C1. The Labute approximate surface area is 107 Å². The summed E-state index contributed by atoms with van der Waals surface area (Å²) in [7, 11) is 0. The highest BCUT2D eigenvalue weighted by Crippen LogP contribution is 2.26. The first-order valence-electron chi connectivity index (χ1n) is 6.17. The molecule has 0 saturated carbocycles. The number of anilines is 1. The molecule has 1 unspecified atom stereocenters. The molecule has 0 bridgehead atoms. The zero-order valence-electron chi connectivity index (χ0n) is 10.9. The van der Waals surface area contributed by atoms with Crippen LogP contribution in [0, 0.1) is 5.82 Å². The van der Waals surface area contributed by atoms with E-state index in [0.717, 1.165) is 5.76 Å². The van der Waals surface area contributed by atoms with E-state index in [0.29, 0.717) is 5.69 Å². The minimum absolute atomic E-state index is 0.108. The summed E-state index contributed by atoms with van der Waals surface area (Å²) < 4.78 is 19.4. The Kier molecular flexibility index (Phi) is 3.70. The molecule has 18 heavy (non-hydrogen) atoms. The van der Waals surface area contributed by atoms with Crippen LogP contribution < -0.4 is 4.90 Å². The summed E-state index contributed by atoms with van der Waals surface area (Å²) in [6.45, 7) is 5.96. The van der Waals surface area contributed by atoms with E-state index in [2.05, 4.69) is 0 Å². The van der Waals surface area contributed by atoms with Crippen molar-refractivity contribution in [3.05, 3.63) is 54.2 Å². The smallest absolute Gasteiger partial charge is 0.146 e. The second-order valence-corrected chi connectivity index (χ2v) is 4.66. The maximum absolute atomic E-state index is 13.8. The summed E-state index contributed by atoms with van der Waals surface area (Å²) in [5.74, 6) is 0.533. The third-order valence-corrected chi connectivity index (χ3v) is 2.75. The molecule has 1 aliphatic heterocycles. The van der Waals surface area contributed by atoms with Crippen molar-refractivity contribution in [3.8, 4) is 0 Å². The van der Waals surface area contributed by atoms with Gasteiger partial charge in [0.15, 0.2) is 0 Å². The highest BCUT2D eigenvalue weighted by atomic mass is 19.1. The maximum Gasteiger partial charge on any atom is 0.146 e. The molecule has 1 aromatic carbocycles. The van der Waals surface area contributed by atoms with Gasteiger partial charge in [0.2, 0.25) is 0 Å². The molecule has 0 N–H and O–H groups in total. The summed E-state index contributed by atoms with van der Waals surface area (Å²) in [6.07, 6.45) is 5.90. The second kappa shape index (κ2) is 5.25. The molecule has 1 atom stereocenters. The van der Waals surface area contributed by atoms with Crippen molar-refractivity contribution in [2.45, 2.75) is 32.9 Å². The lowest BCUT2D eigenvalue weighted by atomic mass is 10.1. The molecule has 1 heterocycles. The lowest BCUT2D eigenvalue weighted by Crippen LogP contribution is -2.30. The zero-order chi connectivity index (χ0) is 13.1. The molecule has 96 valence electrons. The number of hydrogen-bond donors (Lipinski definition) is 0. The Balaban J connectivity index is 2.29. The van der Waals surface area contributed by atoms with E-state index in [9.17, 15) is 4.39 Å². The van der Waals surface area contributed by atoms with Crippen LogP contribution in [0.3, 0.4) is 0 Å². The molecule has 0 aromatic heterocycles. The largest absolute Gasteiger partial charge is 0.489 e. The quantitative estimate of drug-likeness (QED) is 0.804. The molecule has 2 nitrogen and oxygen atoms in total. The van der Waals surface area contributed by atoms with Crippen LogP contribution in [0.25, 0.3) is 0 Å². The third kappa shape index (κ3) is 2.73. The molecule has 0 spiro atoms. The average Bonchev–Trinajstić information content (AvgIpc) is 2.32. The average molecular weight is 247 g/mol. The third-order valence-electron chi connectivity index (χ3n) is 2.75. The minimum atomic E-state index is -0.222. The molecule has 2 rings (SSSR count). The molecule has 0 aliphatic carbocycles. The predicted octanol–water partition coefficient (Wildman–Crippen LogP) is 3.86. The zero-order valence-corrected chi connectivity index (χ0v) is 10.9. The molecular formula is C15H18FNO. The van der Waals surface area contributed by atoms with Gasteiger partial charge in [-0.25, -0.2) is 4.39 Å². The summed E-state index contributed by atoms with van der Waals surface area (Å²) >= 11 is 0. The van der Waals surface area contributed by atoms with Gasteiger partial charge in [0.05, 0.1) is 11.8 Å². The maximum atomic E-state index is 13.8. The van der Waals surface area contributed by atoms with Crippen molar-refractivity contribution in [1.82, 2.24) is 0 Å². The number of hydrogen-bond acceptors (Lipinski definition) is 2. The number of allylic oxidation sites excluding steroid dienone is 1. The number of nitrogens with zero attached hydrogens (tertiary/aromatic N) is 1. The van der Waals surface area contributed by atoms with Crippen molar-refractivity contribution in [2.24, 2.45) is 0 Å². The fourth-order valence-corrected chi connectivity index (χ4v) is 1.92. The van der Waals surface area contributed by atoms with Gasteiger partial charge in [-0.15, -0.1) is 0 Å². The summed E-state index contributed by atoms with van der Waals surface area (Å²) in [5.41, 5.74) is 0.569. The fourth-order valence-electron chi connectivity index (χ4n) is 1.92. The molecular weight excluding hydrogens is 229 g/mol. The highest BCUT2D eigenvalue weighted by Gasteiger charge is 2.18. The first-order chi connectivity index (χ1) is 8.58. The van der Waals surface area contributed by atoms with Crippen LogP contribution in [-0.4, -0.2) is 12.1 Å². The van der Waals surface area contributed by atoms with E-state index in [-0.39, 0.29) is 18.0 Å². The fraction of sp³-hybridized carbons (Fsp3) is 0.333. The highest BCUT2D eigenvalue weighted by molar-refractivity contribution is 5.54. The van der Waals surface area contributed by atoms with E-state index in [1.807, 2.05) is 50.1 Å². The van der Waals surface area contributed by atoms with Gasteiger partial charge in [-0.1, -0.05) is 18.2 Å². The van der Waals surface area contributed by atoms with E-state index >= 15 is 0 Å². The summed E-state index contributed by atoms with van der Waals surface area (Å²) in [4.78, 5) is 1.88. The first-order valence-corrected chi connectivity index (χ1v) is 6.17. The Morgan fingerprint density at radius 3 is 2.67 bits per heavy atom. The van der Waals surface area contributed by atoms with Crippen LogP contribution in [0.5, 0.6) is 0 Å². The molecule has 0 fully saturated rings. The normalized spacial score (nSPS) is 19.1. The van der Waals surface area contributed by atoms with Crippen molar-refractivity contribution in [2.75, 3.05) is 4.90 Å². The Morgan fingerprint density at radius 1 is 1.28 bits per heavy atom. The van der Waals surface area contributed by atoms with Crippen molar-refractivity contribution < 1.29 is 9.13 Å². The van der Waals surface area contributed by atoms with Gasteiger partial charge in [0, 0.05) is 12.2 Å². The van der Waals surface area contributed by atoms with E-state index in [1.165, 1.54) is 6.07 Å². The van der Waals surface area contributed by atoms with Crippen molar-refractivity contribution in [3.63, 3.8) is 0 Å². The van der Waals surface area contributed by atoms with Gasteiger partial charge in [-0.05, 0) is 39.0 Å². The monoisotopic (exact) mass is 247 g/mol. The van der Waals surface area contributed by atoms with Gasteiger partial charge >= 0.3 is 0 Å². The van der Waals surface area contributed by atoms with Crippen LogP contribution in [0.15, 0.2) is 48.4 Å². The Morgan fingerprint density at radius 2 is 2.00 bits per heavy atom. The van der Waals surface area contributed by atoms with Gasteiger partial charge in [-0.2, -0.15) is 0 Å². The van der Waals surface area contributed by atoms with Crippen LogP contribution in [0.1, 0.15) is 20.8 Å². The number of para-hydroxylation sites is 1. The molecule has 0 radical (unpaired) electrons. The van der Waals surface area contributed by atoms with E-state index < -0.39 is 0 Å². The van der Waals surface area contributed by atoms with E-state index in [4.69, 9.17) is 4.74 Å². The van der Waals surface area contributed by atoms with Crippen LogP contribution in [0.2, 0.25) is 0 Å². The van der Waals surface area contributed by atoms with Crippen LogP contribution >= 0.6 is 0 Å². The Bertz CT molecular complexity index is 479. The number of halogens is 1. The van der Waals surface area contributed by atoms with Crippen LogP contribution in [-0.2, 0) is 4.74 Å². The van der Waals surface area contributed by atoms with Crippen molar-refractivity contribution >= 4 is 5.69 Å². The summed E-state index contributed by atoms with van der Waals surface area (Å²) in [5, 5.41) is 0. The standard InChI is InChI=1S/C15H18FNO/c1-11(2)18-13-9-8-12(3)17(10-13)15-7-5-4-6-14(15)16/h4-12H,1-3H3. The van der Waals surface area contributed by atoms with Gasteiger partial charge in [0.1, 0.15) is 11.6 Å². The second-order valence-electron chi connectivity index (χ2n) is 4.66. The lowest BCUT2D eigenvalue weighted by molar-refractivity contribution is 0.156. The first kappa shape index (κ1) is 12.7. The topological polar surface area (TPSA) is 12.5 Å². The lowest BCUT2D eigenvalue weighted by Gasteiger charge is -2.30. The van der Waals surface area contributed by atoms with E-state index in [1.54, 1.807) is 12.1 Å². The van der Waals surface area contributed by atoms with Crippen molar-refractivity contribution in [1.29, 1.82) is 0 Å². The molecule has 1 aliphatic rings. The number of benzene rings is 1. The molecule has 3 heteroatoms. The van der Waals surface area contributed by atoms with Crippen LogP contribution in [0.4, 0.5) is 10.1 Å².